The second-order valence-electron chi connectivity index (χ2n) is 5.66. The van der Waals surface area contributed by atoms with Gasteiger partial charge in [0.15, 0.2) is 0 Å². The minimum Gasteiger partial charge on any atom is -0.465 e. The van der Waals surface area contributed by atoms with Gasteiger partial charge in [0.2, 0.25) is 0 Å². The van der Waals surface area contributed by atoms with Gasteiger partial charge in [0.25, 0.3) is 0 Å². The van der Waals surface area contributed by atoms with E-state index in [1.165, 1.54) is 32.1 Å². The Hall–Kier alpha value is -0.530. The number of unbranched alkanes of at least 4 members (excludes halogenated alkanes) is 1. The third-order valence-corrected chi connectivity index (χ3v) is 3.67. The monoisotopic (exact) mass is 239 g/mol. The molecule has 1 rings (SSSR count). The molecule has 0 atom stereocenters. The molecule has 2 heteroatoms. The van der Waals surface area contributed by atoms with E-state index in [1.54, 1.807) is 0 Å². The van der Waals surface area contributed by atoms with Gasteiger partial charge in [0.1, 0.15) is 0 Å². The molecule has 99 valence electrons. The van der Waals surface area contributed by atoms with Crippen LogP contribution in [-0.4, -0.2) is 12.6 Å². The predicted octanol–water partition coefficient (Wildman–Crippen LogP) is 4.00. The van der Waals surface area contributed by atoms with Crippen LogP contribution in [0, 0.1) is 24.7 Å². The first-order valence-corrected chi connectivity index (χ1v) is 7.09. The lowest BCUT2D eigenvalue weighted by Crippen LogP contribution is -2.23. The molecule has 1 radical (unpaired) electrons. The molecule has 1 aliphatic rings. The smallest absolute Gasteiger partial charge is 0.308 e. The number of hydrogen-bond donors (Lipinski definition) is 0. The molecule has 0 aromatic heterocycles. The van der Waals surface area contributed by atoms with Gasteiger partial charge < -0.3 is 4.74 Å². The zero-order valence-corrected chi connectivity index (χ0v) is 11.4. The van der Waals surface area contributed by atoms with Gasteiger partial charge in [-0.1, -0.05) is 40.0 Å². The second-order valence-corrected chi connectivity index (χ2v) is 5.66. The highest BCUT2D eigenvalue weighted by molar-refractivity contribution is 5.71. The van der Waals surface area contributed by atoms with Gasteiger partial charge in [0.05, 0.1) is 12.5 Å². The molecule has 0 unspecified atom stereocenters. The summed E-state index contributed by atoms with van der Waals surface area (Å²) in [4.78, 5) is 11.2. The summed E-state index contributed by atoms with van der Waals surface area (Å²) in [5.74, 6) is 1.83. The lowest BCUT2D eigenvalue weighted by molar-refractivity contribution is -0.147. The first kappa shape index (κ1) is 14.5. The van der Waals surface area contributed by atoms with Crippen LogP contribution in [-0.2, 0) is 9.53 Å². The lowest BCUT2D eigenvalue weighted by Gasteiger charge is -2.35. The SMILES string of the molecule is [CH2]CCC1CC(CCCCOC(=O)C(C)C)C1. The van der Waals surface area contributed by atoms with Gasteiger partial charge in [0, 0.05) is 0 Å². The minimum atomic E-state index is -0.0656. The molecule has 0 aromatic carbocycles. The Kier molecular flexibility index (Phi) is 6.61. The Balaban J connectivity index is 1.88. The van der Waals surface area contributed by atoms with Crippen LogP contribution in [0.5, 0.6) is 0 Å². The van der Waals surface area contributed by atoms with Gasteiger partial charge in [-0.15, -0.1) is 0 Å². The number of carbonyl (C=O) groups excluding carboxylic acids is 1. The Morgan fingerprint density at radius 1 is 1.24 bits per heavy atom. The van der Waals surface area contributed by atoms with E-state index in [9.17, 15) is 4.79 Å². The van der Waals surface area contributed by atoms with Crippen molar-refractivity contribution in [2.75, 3.05) is 6.61 Å². The number of rotatable bonds is 8. The van der Waals surface area contributed by atoms with Crippen molar-refractivity contribution in [2.45, 2.75) is 58.8 Å². The average Bonchev–Trinajstić information content (AvgIpc) is 2.24. The fourth-order valence-corrected chi connectivity index (χ4v) is 2.51. The Bertz CT molecular complexity index is 217. The molecule has 0 aliphatic heterocycles. The molecule has 0 saturated heterocycles. The van der Waals surface area contributed by atoms with E-state index in [1.807, 2.05) is 13.8 Å². The zero-order valence-electron chi connectivity index (χ0n) is 11.4. The van der Waals surface area contributed by atoms with Crippen LogP contribution in [0.1, 0.15) is 58.8 Å². The van der Waals surface area contributed by atoms with Crippen LogP contribution in [0.3, 0.4) is 0 Å². The van der Waals surface area contributed by atoms with Crippen molar-refractivity contribution >= 4 is 5.97 Å². The molecule has 17 heavy (non-hydrogen) atoms. The van der Waals surface area contributed by atoms with Crippen molar-refractivity contribution in [3.8, 4) is 0 Å². The number of carbonyl (C=O) groups is 1. The molecule has 0 amide bonds. The lowest BCUT2D eigenvalue weighted by atomic mass is 9.71. The van der Waals surface area contributed by atoms with E-state index in [4.69, 9.17) is 4.74 Å². The average molecular weight is 239 g/mol. The van der Waals surface area contributed by atoms with E-state index in [0.29, 0.717) is 6.61 Å². The third-order valence-electron chi connectivity index (χ3n) is 3.67. The maximum absolute atomic E-state index is 11.2. The summed E-state index contributed by atoms with van der Waals surface area (Å²) >= 11 is 0. The fourth-order valence-electron chi connectivity index (χ4n) is 2.51. The van der Waals surface area contributed by atoms with Crippen molar-refractivity contribution < 1.29 is 9.53 Å². The van der Waals surface area contributed by atoms with Crippen LogP contribution < -0.4 is 0 Å². The van der Waals surface area contributed by atoms with Crippen LogP contribution in [0.4, 0.5) is 0 Å². The van der Waals surface area contributed by atoms with Gasteiger partial charge in [-0.05, 0) is 37.5 Å². The second kappa shape index (κ2) is 7.73. The molecule has 0 bridgehead atoms. The zero-order chi connectivity index (χ0) is 12.7. The predicted molar refractivity (Wildman–Crippen MR) is 70.5 cm³/mol. The molecule has 1 saturated carbocycles. The largest absolute Gasteiger partial charge is 0.465 e. The Morgan fingerprint density at radius 3 is 2.47 bits per heavy atom. The molecule has 1 aliphatic carbocycles. The molecular weight excluding hydrogens is 212 g/mol. The van der Waals surface area contributed by atoms with Crippen LogP contribution in [0.2, 0.25) is 0 Å². The van der Waals surface area contributed by atoms with Gasteiger partial charge in [-0.3, -0.25) is 4.79 Å². The van der Waals surface area contributed by atoms with Crippen molar-refractivity contribution in [3.63, 3.8) is 0 Å². The first-order valence-electron chi connectivity index (χ1n) is 7.09. The number of hydrogen-bond acceptors (Lipinski definition) is 2. The van der Waals surface area contributed by atoms with E-state index in [0.717, 1.165) is 24.7 Å². The third kappa shape index (κ3) is 5.56. The van der Waals surface area contributed by atoms with Gasteiger partial charge >= 0.3 is 5.97 Å². The minimum absolute atomic E-state index is 0.00467. The van der Waals surface area contributed by atoms with Crippen molar-refractivity contribution in [3.05, 3.63) is 6.92 Å². The molecule has 1 fully saturated rings. The molecule has 2 nitrogen and oxygen atoms in total. The highest BCUT2D eigenvalue weighted by Crippen LogP contribution is 2.39. The number of esters is 1. The van der Waals surface area contributed by atoms with E-state index < -0.39 is 0 Å². The van der Waals surface area contributed by atoms with Crippen molar-refractivity contribution in [1.82, 2.24) is 0 Å². The Labute approximate surface area is 106 Å². The summed E-state index contributed by atoms with van der Waals surface area (Å²) in [5, 5.41) is 0. The Morgan fingerprint density at radius 2 is 1.88 bits per heavy atom. The topological polar surface area (TPSA) is 26.3 Å². The maximum atomic E-state index is 11.2. The fraction of sp³-hybridized carbons (Fsp3) is 0.867. The van der Waals surface area contributed by atoms with Gasteiger partial charge in [-0.2, -0.15) is 0 Å². The highest BCUT2D eigenvalue weighted by Gasteiger charge is 2.27. The molecular formula is C15H27O2. The summed E-state index contributed by atoms with van der Waals surface area (Å²) in [6.07, 6.45) is 8.74. The van der Waals surface area contributed by atoms with Crippen LogP contribution in [0.25, 0.3) is 0 Å². The summed E-state index contributed by atoms with van der Waals surface area (Å²) in [6.45, 7) is 8.25. The van der Waals surface area contributed by atoms with Crippen LogP contribution >= 0.6 is 0 Å². The number of ether oxygens (including phenoxy) is 1. The molecule has 0 heterocycles. The van der Waals surface area contributed by atoms with Gasteiger partial charge in [-0.25, -0.2) is 0 Å². The molecule has 0 spiro atoms. The van der Waals surface area contributed by atoms with Crippen LogP contribution in [0.15, 0.2) is 0 Å². The maximum Gasteiger partial charge on any atom is 0.308 e. The van der Waals surface area contributed by atoms with E-state index in [2.05, 4.69) is 6.92 Å². The highest BCUT2D eigenvalue weighted by atomic mass is 16.5. The summed E-state index contributed by atoms with van der Waals surface area (Å²) in [6, 6.07) is 0. The van der Waals surface area contributed by atoms with Crippen molar-refractivity contribution in [2.24, 2.45) is 17.8 Å². The molecule has 0 N–H and O–H groups in total. The quantitative estimate of drug-likeness (QED) is 0.473. The molecule has 0 aromatic rings. The van der Waals surface area contributed by atoms with Crippen molar-refractivity contribution in [1.29, 1.82) is 0 Å². The summed E-state index contributed by atoms with van der Waals surface area (Å²) < 4.78 is 5.15. The van der Waals surface area contributed by atoms with E-state index in [-0.39, 0.29) is 11.9 Å². The van der Waals surface area contributed by atoms with E-state index >= 15 is 0 Å². The normalized spacial score (nSPS) is 23.5. The first-order chi connectivity index (χ1) is 8.13. The summed E-state index contributed by atoms with van der Waals surface area (Å²) in [5.41, 5.74) is 0. The standard InChI is InChI=1S/C15H27O2/c1-4-7-13-10-14(11-13)8-5-6-9-17-15(16)12(2)3/h12-14H,1,4-11H2,2-3H3. The summed E-state index contributed by atoms with van der Waals surface area (Å²) in [7, 11) is 0.